The molecule has 1 atom stereocenters. The summed E-state index contributed by atoms with van der Waals surface area (Å²) in [5.41, 5.74) is 1.34. The normalized spacial score (nSPS) is 12.3. The Kier molecular flexibility index (Phi) is 8.11. The predicted molar refractivity (Wildman–Crippen MR) is 119 cm³/mol. The summed E-state index contributed by atoms with van der Waals surface area (Å²) in [7, 11) is -0.519. The number of nitrogens with zero attached hydrogens (tertiary/aromatic N) is 1. The lowest BCUT2D eigenvalue weighted by atomic mass is 9.97. The van der Waals surface area contributed by atoms with Gasteiger partial charge in [0, 0.05) is 0 Å². The number of benzene rings is 2. The van der Waals surface area contributed by atoms with E-state index in [4.69, 9.17) is 9.47 Å². The second-order valence-electron chi connectivity index (χ2n) is 7.49. The van der Waals surface area contributed by atoms with Crippen molar-refractivity contribution in [1.82, 2.24) is 5.32 Å². The molecule has 0 fully saturated rings. The first-order valence-corrected chi connectivity index (χ1v) is 11.5. The van der Waals surface area contributed by atoms with Crippen molar-refractivity contribution in [2.75, 3.05) is 31.3 Å². The zero-order valence-corrected chi connectivity index (χ0v) is 18.9. The van der Waals surface area contributed by atoms with Gasteiger partial charge in [-0.2, -0.15) is 0 Å². The molecule has 0 heterocycles. The van der Waals surface area contributed by atoms with Gasteiger partial charge in [0.15, 0.2) is 0 Å². The molecule has 30 heavy (non-hydrogen) atoms. The summed E-state index contributed by atoms with van der Waals surface area (Å²) in [6.45, 7) is 3.83. The summed E-state index contributed by atoms with van der Waals surface area (Å²) in [6.07, 6.45) is 1.80. The molecule has 0 aliphatic heterocycles. The quantitative estimate of drug-likeness (QED) is 0.620. The van der Waals surface area contributed by atoms with Crippen LogP contribution in [0.5, 0.6) is 11.5 Å². The molecule has 0 aromatic heterocycles. The monoisotopic (exact) mass is 434 g/mol. The molecule has 0 radical (unpaired) electrons. The van der Waals surface area contributed by atoms with Crippen LogP contribution < -0.4 is 19.1 Å². The minimum absolute atomic E-state index is 0.235. The van der Waals surface area contributed by atoms with Crippen LogP contribution in [0.3, 0.4) is 0 Å². The number of amides is 1. The zero-order valence-electron chi connectivity index (χ0n) is 18.1. The van der Waals surface area contributed by atoms with Crippen LogP contribution >= 0.6 is 0 Å². The number of hydrogen-bond donors (Lipinski definition) is 1. The lowest BCUT2D eigenvalue weighted by Gasteiger charge is -2.25. The third-order valence-corrected chi connectivity index (χ3v) is 5.75. The fourth-order valence-electron chi connectivity index (χ4n) is 3.10. The number of hydrogen-bond acceptors (Lipinski definition) is 5. The highest BCUT2D eigenvalue weighted by Gasteiger charge is 2.23. The van der Waals surface area contributed by atoms with E-state index in [0.29, 0.717) is 17.4 Å². The van der Waals surface area contributed by atoms with Crippen LogP contribution in [0.1, 0.15) is 31.9 Å². The van der Waals surface area contributed by atoms with Crippen LogP contribution in [0.2, 0.25) is 0 Å². The Morgan fingerprint density at radius 2 is 1.47 bits per heavy atom. The van der Waals surface area contributed by atoms with Crippen LogP contribution in [0, 0.1) is 5.92 Å². The molecule has 0 bridgehead atoms. The minimum Gasteiger partial charge on any atom is -0.497 e. The minimum atomic E-state index is -3.65. The van der Waals surface area contributed by atoms with E-state index in [1.54, 1.807) is 31.4 Å². The van der Waals surface area contributed by atoms with E-state index in [2.05, 4.69) is 19.2 Å². The van der Waals surface area contributed by atoms with Crippen LogP contribution in [-0.4, -0.2) is 41.3 Å². The standard InChI is InChI=1S/C22H30N2O5S/c1-16(2)14-21(17-6-10-19(28-3)11-7-17)23-22(25)15-24(30(5,26)27)18-8-12-20(29-4)13-9-18/h6-13,16,21H,14-15H2,1-5H3,(H,23,25). The van der Waals surface area contributed by atoms with E-state index in [1.807, 2.05) is 24.3 Å². The number of rotatable bonds is 10. The Hall–Kier alpha value is -2.74. The fraction of sp³-hybridized carbons (Fsp3) is 0.409. The van der Waals surface area contributed by atoms with E-state index < -0.39 is 10.0 Å². The van der Waals surface area contributed by atoms with Gasteiger partial charge in [0.25, 0.3) is 0 Å². The molecule has 0 aliphatic carbocycles. The summed E-state index contributed by atoms with van der Waals surface area (Å²) >= 11 is 0. The van der Waals surface area contributed by atoms with Crippen molar-refractivity contribution in [2.24, 2.45) is 5.92 Å². The van der Waals surface area contributed by atoms with Gasteiger partial charge in [-0.1, -0.05) is 26.0 Å². The Bertz CT molecular complexity index is 925. The SMILES string of the molecule is COc1ccc(C(CC(C)C)NC(=O)CN(c2ccc(OC)cc2)S(C)(=O)=O)cc1. The Labute approximate surface area is 179 Å². The molecule has 7 nitrogen and oxygen atoms in total. The van der Waals surface area contributed by atoms with E-state index in [9.17, 15) is 13.2 Å². The Morgan fingerprint density at radius 1 is 0.967 bits per heavy atom. The van der Waals surface area contributed by atoms with Crippen molar-refractivity contribution < 1.29 is 22.7 Å². The summed E-state index contributed by atoms with van der Waals surface area (Å²) in [5.74, 6) is 1.30. The fourth-order valence-corrected chi connectivity index (χ4v) is 3.96. The summed E-state index contributed by atoms with van der Waals surface area (Å²) in [6, 6.07) is 13.8. The van der Waals surface area contributed by atoms with Gasteiger partial charge in [0.1, 0.15) is 18.0 Å². The molecule has 2 aromatic rings. The van der Waals surface area contributed by atoms with Crippen LogP contribution in [0.4, 0.5) is 5.69 Å². The van der Waals surface area contributed by atoms with Crippen LogP contribution in [0.15, 0.2) is 48.5 Å². The lowest BCUT2D eigenvalue weighted by molar-refractivity contribution is -0.120. The lowest BCUT2D eigenvalue weighted by Crippen LogP contribution is -2.41. The maximum Gasteiger partial charge on any atom is 0.241 e. The van der Waals surface area contributed by atoms with Gasteiger partial charge in [-0.05, 0) is 54.3 Å². The second kappa shape index (κ2) is 10.3. The molecular formula is C22H30N2O5S. The molecule has 0 saturated heterocycles. The van der Waals surface area contributed by atoms with Gasteiger partial charge in [-0.25, -0.2) is 8.42 Å². The molecule has 164 valence electrons. The highest BCUT2D eigenvalue weighted by atomic mass is 32.2. The molecule has 2 rings (SSSR count). The average molecular weight is 435 g/mol. The van der Waals surface area contributed by atoms with Crippen LogP contribution in [0.25, 0.3) is 0 Å². The first-order valence-electron chi connectivity index (χ1n) is 9.69. The second-order valence-corrected chi connectivity index (χ2v) is 9.40. The third kappa shape index (κ3) is 6.66. The van der Waals surface area contributed by atoms with Crippen molar-refractivity contribution in [2.45, 2.75) is 26.3 Å². The largest absolute Gasteiger partial charge is 0.497 e. The highest BCUT2D eigenvalue weighted by Crippen LogP contribution is 2.25. The first-order chi connectivity index (χ1) is 14.1. The smallest absolute Gasteiger partial charge is 0.241 e. The molecule has 1 unspecified atom stereocenters. The average Bonchev–Trinajstić information content (AvgIpc) is 2.70. The molecular weight excluding hydrogens is 404 g/mol. The number of nitrogens with one attached hydrogen (secondary N) is 1. The topological polar surface area (TPSA) is 84.9 Å². The van der Waals surface area contributed by atoms with Gasteiger partial charge in [0.2, 0.25) is 15.9 Å². The zero-order chi connectivity index (χ0) is 22.3. The van der Waals surface area contributed by atoms with E-state index >= 15 is 0 Å². The van der Waals surface area contributed by atoms with Gasteiger partial charge in [-0.15, -0.1) is 0 Å². The Morgan fingerprint density at radius 3 is 1.90 bits per heavy atom. The van der Waals surface area contributed by atoms with Crippen molar-refractivity contribution in [3.63, 3.8) is 0 Å². The van der Waals surface area contributed by atoms with Crippen molar-refractivity contribution in [3.05, 3.63) is 54.1 Å². The Balaban J connectivity index is 2.21. The number of ether oxygens (including phenoxy) is 2. The predicted octanol–water partition coefficient (Wildman–Crippen LogP) is 3.37. The molecule has 0 spiro atoms. The molecule has 0 aliphatic rings. The van der Waals surface area contributed by atoms with Crippen LogP contribution in [-0.2, 0) is 14.8 Å². The van der Waals surface area contributed by atoms with Crippen molar-refractivity contribution in [1.29, 1.82) is 0 Å². The van der Waals surface area contributed by atoms with Gasteiger partial charge in [0.05, 0.1) is 32.2 Å². The summed E-state index contributed by atoms with van der Waals surface area (Å²) in [4.78, 5) is 12.8. The summed E-state index contributed by atoms with van der Waals surface area (Å²) < 4.78 is 36.1. The molecule has 2 aromatic carbocycles. The number of anilines is 1. The van der Waals surface area contributed by atoms with Gasteiger partial charge < -0.3 is 14.8 Å². The first kappa shape index (κ1) is 23.5. The number of carbonyl (C=O) groups is 1. The molecule has 0 saturated carbocycles. The van der Waals surface area contributed by atoms with Gasteiger partial charge in [-0.3, -0.25) is 9.10 Å². The maximum absolute atomic E-state index is 12.8. The molecule has 1 N–H and O–H groups in total. The van der Waals surface area contributed by atoms with Gasteiger partial charge >= 0.3 is 0 Å². The number of carbonyl (C=O) groups excluding carboxylic acids is 1. The third-order valence-electron chi connectivity index (χ3n) is 4.61. The van der Waals surface area contributed by atoms with E-state index in [-0.39, 0.29) is 18.5 Å². The summed E-state index contributed by atoms with van der Waals surface area (Å²) in [5, 5.41) is 2.99. The highest BCUT2D eigenvalue weighted by molar-refractivity contribution is 7.92. The molecule has 8 heteroatoms. The molecule has 1 amide bonds. The number of methoxy groups -OCH3 is 2. The van der Waals surface area contributed by atoms with Crippen molar-refractivity contribution >= 4 is 21.6 Å². The van der Waals surface area contributed by atoms with Crippen molar-refractivity contribution in [3.8, 4) is 11.5 Å². The number of sulfonamides is 1. The van der Waals surface area contributed by atoms with E-state index in [0.717, 1.165) is 28.3 Å². The van der Waals surface area contributed by atoms with E-state index in [1.165, 1.54) is 7.11 Å². The maximum atomic E-state index is 12.8.